The van der Waals surface area contributed by atoms with Gasteiger partial charge in [0.1, 0.15) is 5.52 Å². The van der Waals surface area contributed by atoms with Gasteiger partial charge in [-0.2, -0.15) is 4.98 Å². The molecule has 16 heavy (non-hydrogen) atoms. The minimum Gasteiger partial charge on any atom is -0.423 e. The van der Waals surface area contributed by atoms with Crippen molar-refractivity contribution in [2.75, 3.05) is 17.6 Å². The van der Waals surface area contributed by atoms with Gasteiger partial charge in [-0.05, 0) is 30.4 Å². The number of oxazole rings is 1. The maximum Gasteiger partial charge on any atom is 0.295 e. The number of nitrogens with one attached hydrogen (secondary N) is 1. The lowest BCUT2D eigenvalue weighted by Crippen LogP contribution is -2.04. The standard InChI is InChI=1S/C12H15N3O/c1-7-5-8(7)6-14-12-15-11-9(13)3-2-4-10(11)16-12/h2-4,7-8H,5-6,13H2,1H3,(H,14,15). The molecule has 2 unspecified atom stereocenters. The first-order valence-electron chi connectivity index (χ1n) is 5.63. The number of rotatable bonds is 3. The lowest BCUT2D eigenvalue weighted by atomic mass is 10.3. The van der Waals surface area contributed by atoms with Crippen LogP contribution in [0.25, 0.3) is 11.1 Å². The molecule has 0 spiro atoms. The van der Waals surface area contributed by atoms with Gasteiger partial charge in [-0.3, -0.25) is 0 Å². The van der Waals surface area contributed by atoms with Gasteiger partial charge in [0.2, 0.25) is 0 Å². The average molecular weight is 217 g/mol. The maximum atomic E-state index is 5.81. The smallest absolute Gasteiger partial charge is 0.295 e. The summed E-state index contributed by atoms with van der Waals surface area (Å²) in [5.74, 6) is 1.61. The molecule has 1 fully saturated rings. The van der Waals surface area contributed by atoms with Crippen LogP contribution in [0.5, 0.6) is 0 Å². The molecular weight excluding hydrogens is 202 g/mol. The summed E-state index contributed by atoms with van der Waals surface area (Å²) in [7, 11) is 0. The Morgan fingerprint density at radius 1 is 1.56 bits per heavy atom. The molecule has 0 amide bonds. The van der Waals surface area contributed by atoms with Gasteiger partial charge in [0, 0.05) is 6.54 Å². The van der Waals surface area contributed by atoms with Crippen LogP contribution in [0.1, 0.15) is 13.3 Å². The summed E-state index contributed by atoms with van der Waals surface area (Å²) < 4.78 is 5.56. The molecule has 1 aliphatic rings. The van der Waals surface area contributed by atoms with Crippen LogP contribution >= 0.6 is 0 Å². The molecule has 1 saturated carbocycles. The van der Waals surface area contributed by atoms with E-state index in [1.54, 1.807) is 0 Å². The Bertz CT molecular complexity index is 520. The van der Waals surface area contributed by atoms with Gasteiger partial charge in [-0.15, -0.1) is 0 Å². The molecule has 1 aromatic carbocycles. The fourth-order valence-electron chi connectivity index (χ4n) is 1.95. The predicted molar refractivity (Wildman–Crippen MR) is 64.2 cm³/mol. The van der Waals surface area contributed by atoms with E-state index >= 15 is 0 Å². The topological polar surface area (TPSA) is 64.1 Å². The number of hydrogen-bond acceptors (Lipinski definition) is 4. The van der Waals surface area contributed by atoms with Crippen molar-refractivity contribution in [3.63, 3.8) is 0 Å². The summed E-state index contributed by atoms with van der Waals surface area (Å²) in [4.78, 5) is 4.33. The van der Waals surface area contributed by atoms with E-state index in [-0.39, 0.29) is 0 Å². The second kappa shape index (κ2) is 3.40. The van der Waals surface area contributed by atoms with Gasteiger partial charge in [0.05, 0.1) is 5.69 Å². The van der Waals surface area contributed by atoms with E-state index in [9.17, 15) is 0 Å². The number of nitrogen functional groups attached to an aromatic ring is 1. The van der Waals surface area contributed by atoms with Gasteiger partial charge < -0.3 is 15.5 Å². The summed E-state index contributed by atoms with van der Waals surface area (Å²) in [6, 6.07) is 6.16. The molecule has 84 valence electrons. The van der Waals surface area contributed by atoms with Gasteiger partial charge in [0.25, 0.3) is 6.01 Å². The highest BCUT2D eigenvalue weighted by atomic mass is 16.4. The Hall–Kier alpha value is -1.71. The quantitative estimate of drug-likeness (QED) is 0.775. The number of fused-ring (bicyclic) bond motifs is 1. The van der Waals surface area contributed by atoms with E-state index in [1.165, 1.54) is 6.42 Å². The van der Waals surface area contributed by atoms with Crippen LogP contribution in [-0.4, -0.2) is 11.5 Å². The molecule has 1 heterocycles. The molecular formula is C12H15N3O. The van der Waals surface area contributed by atoms with Crippen LogP contribution in [0.3, 0.4) is 0 Å². The molecule has 2 aromatic rings. The van der Waals surface area contributed by atoms with E-state index in [0.29, 0.717) is 11.7 Å². The van der Waals surface area contributed by atoms with Crippen molar-refractivity contribution in [3.8, 4) is 0 Å². The normalized spacial score (nSPS) is 23.6. The molecule has 2 atom stereocenters. The number of anilines is 2. The third kappa shape index (κ3) is 1.60. The Kier molecular flexibility index (Phi) is 2.02. The van der Waals surface area contributed by atoms with Crippen LogP contribution in [0.4, 0.5) is 11.7 Å². The number of nitrogens with two attached hydrogens (primary N) is 1. The van der Waals surface area contributed by atoms with E-state index in [4.69, 9.17) is 10.2 Å². The molecule has 4 nitrogen and oxygen atoms in total. The molecule has 1 aromatic heterocycles. The third-order valence-electron chi connectivity index (χ3n) is 3.24. The summed E-state index contributed by atoms with van der Waals surface area (Å²) in [6.45, 7) is 3.20. The minimum atomic E-state index is 0.576. The van der Waals surface area contributed by atoms with E-state index in [2.05, 4.69) is 17.2 Å². The molecule has 0 saturated heterocycles. The summed E-state index contributed by atoms with van der Waals surface area (Å²) in [6.07, 6.45) is 1.30. The summed E-state index contributed by atoms with van der Waals surface area (Å²) >= 11 is 0. The SMILES string of the molecule is CC1CC1CNc1nc2c(N)cccc2o1. The van der Waals surface area contributed by atoms with Crippen LogP contribution in [0.15, 0.2) is 22.6 Å². The largest absolute Gasteiger partial charge is 0.423 e. The number of hydrogen-bond donors (Lipinski definition) is 2. The zero-order valence-electron chi connectivity index (χ0n) is 9.23. The van der Waals surface area contributed by atoms with Crippen molar-refractivity contribution in [3.05, 3.63) is 18.2 Å². The molecule has 3 rings (SSSR count). The highest BCUT2D eigenvalue weighted by Gasteiger charge is 2.32. The van der Waals surface area contributed by atoms with Gasteiger partial charge in [0.15, 0.2) is 5.58 Å². The van der Waals surface area contributed by atoms with Crippen molar-refractivity contribution in [1.29, 1.82) is 0 Å². The first-order valence-corrected chi connectivity index (χ1v) is 5.63. The van der Waals surface area contributed by atoms with Crippen molar-refractivity contribution in [2.24, 2.45) is 11.8 Å². The average Bonchev–Trinajstić information content (AvgIpc) is 2.79. The zero-order valence-corrected chi connectivity index (χ0v) is 9.23. The number of benzene rings is 1. The summed E-state index contributed by atoms with van der Waals surface area (Å²) in [5.41, 5.74) is 7.96. The molecule has 3 N–H and O–H groups in total. The zero-order chi connectivity index (χ0) is 11.1. The van der Waals surface area contributed by atoms with Crippen LogP contribution < -0.4 is 11.1 Å². The van der Waals surface area contributed by atoms with Crippen molar-refractivity contribution in [1.82, 2.24) is 4.98 Å². The van der Waals surface area contributed by atoms with Crippen molar-refractivity contribution in [2.45, 2.75) is 13.3 Å². The van der Waals surface area contributed by atoms with Gasteiger partial charge >= 0.3 is 0 Å². The van der Waals surface area contributed by atoms with Crippen molar-refractivity contribution >= 4 is 22.8 Å². The van der Waals surface area contributed by atoms with E-state index in [0.717, 1.165) is 29.5 Å². The third-order valence-corrected chi connectivity index (χ3v) is 3.24. The lowest BCUT2D eigenvalue weighted by Gasteiger charge is -1.97. The lowest BCUT2D eigenvalue weighted by molar-refractivity contribution is 0.608. The second-order valence-electron chi connectivity index (χ2n) is 4.57. The van der Waals surface area contributed by atoms with Gasteiger partial charge in [-0.1, -0.05) is 13.0 Å². The summed E-state index contributed by atoms with van der Waals surface area (Å²) in [5, 5.41) is 3.22. The molecule has 4 heteroatoms. The minimum absolute atomic E-state index is 0.576. The second-order valence-corrected chi connectivity index (χ2v) is 4.57. The Morgan fingerprint density at radius 3 is 3.06 bits per heavy atom. The number of para-hydroxylation sites is 1. The molecule has 0 radical (unpaired) electrons. The Balaban J connectivity index is 1.79. The van der Waals surface area contributed by atoms with E-state index < -0.39 is 0 Å². The van der Waals surface area contributed by atoms with Crippen molar-refractivity contribution < 1.29 is 4.42 Å². The first-order chi connectivity index (χ1) is 7.74. The van der Waals surface area contributed by atoms with Gasteiger partial charge in [-0.25, -0.2) is 0 Å². The molecule has 0 bridgehead atoms. The Morgan fingerprint density at radius 2 is 2.38 bits per heavy atom. The highest BCUT2D eigenvalue weighted by Crippen LogP contribution is 2.37. The number of aromatic nitrogens is 1. The molecule has 1 aliphatic carbocycles. The van der Waals surface area contributed by atoms with E-state index in [1.807, 2.05) is 18.2 Å². The highest BCUT2D eigenvalue weighted by molar-refractivity contribution is 5.86. The number of nitrogens with zero attached hydrogens (tertiary/aromatic N) is 1. The van der Waals surface area contributed by atoms with Crippen LogP contribution in [0.2, 0.25) is 0 Å². The maximum absolute atomic E-state index is 5.81. The first kappa shape index (κ1) is 9.51. The Labute approximate surface area is 93.8 Å². The fraction of sp³-hybridized carbons (Fsp3) is 0.417. The fourth-order valence-corrected chi connectivity index (χ4v) is 1.95. The van der Waals surface area contributed by atoms with Crippen LogP contribution in [-0.2, 0) is 0 Å². The predicted octanol–water partition coefficient (Wildman–Crippen LogP) is 2.48. The molecule has 0 aliphatic heterocycles. The monoisotopic (exact) mass is 217 g/mol. The van der Waals surface area contributed by atoms with Crippen LogP contribution in [0, 0.1) is 11.8 Å².